The third-order valence-electron chi connectivity index (χ3n) is 8.89. The lowest BCUT2D eigenvalue weighted by atomic mass is 9.71. The lowest BCUT2D eigenvalue weighted by Gasteiger charge is -2.42. The molecule has 238 valence electrons. The summed E-state index contributed by atoms with van der Waals surface area (Å²) in [5, 5.41) is 2.17. The number of anilines is 2. The van der Waals surface area contributed by atoms with Crippen LogP contribution in [-0.2, 0) is 31.4 Å². The first-order chi connectivity index (χ1) is 22.8. The molecule has 1 aliphatic rings. The number of hydrogen-bond acceptors (Lipinski definition) is 4. The minimum Gasteiger partial charge on any atom is -0.449 e. The maximum absolute atomic E-state index is 14.4. The molecule has 0 N–H and O–H groups in total. The first-order valence-electron chi connectivity index (χ1n) is 16.3. The summed E-state index contributed by atoms with van der Waals surface area (Å²) < 4.78 is 13.4. The molecule has 0 spiro atoms. The number of carbonyl (C=O) groups excluding carboxylic acids is 2. The number of rotatable bonds is 9. The Kier molecular flexibility index (Phi) is 9.52. The van der Waals surface area contributed by atoms with Crippen LogP contribution in [0.2, 0.25) is 0 Å². The molecule has 1 atom stereocenters. The van der Waals surface area contributed by atoms with Crippen LogP contribution >= 0.6 is 0 Å². The predicted molar refractivity (Wildman–Crippen MR) is 192 cm³/mol. The van der Waals surface area contributed by atoms with Crippen LogP contribution in [0.1, 0.15) is 50.3 Å². The molecule has 0 aliphatic heterocycles. The van der Waals surface area contributed by atoms with Crippen molar-refractivity contribution in [3.05, 3.63) is 156 Å². The summed E-state index contributed by atoms with van der Waals surface area (Å²) in [5.41, 5.74) is 3.27. The Hall–Kier alpha value is -4.78. The van der Waals surface area contributed by atoms with Gasteiger partial charge in [-0.1, -0.05) is 136 Å². The fourth-order valence-corrected chi connectivity index (χ4v) is 9.22. The van der Waals surface area contributed by atoms with Gasteiger partial charge in [-0.15, -0.1) is 0 Å². The topological polar surface area (TPSA) is 55.8 Å². The monoisotopic (exact) mass is 639 g/mol. The smallest absolute Gasteiger partial charge is 0.418 e. The van der Waals surface area contributed by atoms with E-state index in [1.807, 2.05) is 109 Å². The quantitative estimate of drug-likeness (QED) is 0.156. The average Bonchev–Trinajstić information content (AvgIpc) is 3.10. The Morgan fingerprint density at radius 3 is 1.72 bits per heavy atom. The SMILES string of the molecule is CC(C)(C)c1cccc2c1CCC(=O)C2(CCOC(=O)N(c1ccccc1)c1ccccc1)O[SiH](c1ccccc1)c1ccccc1. The normalized spacial score (nSPS) is 16.0. The van der Waals surface area contributed by atoms with Gasteiger partial charge >= 0.3 is 6.09 Å². The lowest BCUT2D eigenvalue weighted by Crippen LogP contribution is -2.55. The summed E-state index contributed by atoms with van der Waals surface area (Å²) in [4.78, 5) is 29.9. The van der Waals surface area contributed by atoms with Crippen LogP contribution < -0.4 is 15.3 Å². The van der Waals surface area contributed by atoms with Gasteiger partial charge in [0, 0.05) is 12.8 Å². The largest absolute Gasteiger partial charge is 0.449 e. The van der Waals surface area contributed by atoms with E-state index in [-0.39, 0.29) is 24.2 Å². The zero-order valence-electron chi connectivity index (χ0n) is 27.3. The number of benzene rings is 5. The first-order valence-corrected chi connectivity index (χ1v) is 17.9. The average molecular weight is 640 g/mol. The van der Waals surface area contributed by atoms with Gasteiger partial charge in [-0.05, 0) is 63.2 Å². The van der Waals surface area contributed by atoms with Crippen molar-refractivity contribution in [3.8, 4) is 0 Å². The number of ether oxygens (including phenoxy) is 1. The standard InChI is InChI=1S/C41H41NO4Si/c1-40(2,3)36-25-16-26-37-35(36)27-28-38(43)41(37,46-47(33-21-12-6-13-22-33)34-23-14-7-15-24-34)29-30-45-39(44)42(31-17-8-4-9-18-31)32-19-10-5-11-20-32/h4-26,47H,27-30H2,1-3H3. The van der Waals surface area contributed by atoms with Crippen molar-refractivity contribution in [2.45, 2.75) is 51.0 Å². The van der Waals surface area contributed by atoms with Crippen LogP contribution in [0.5, 0.6) is 0 Å². The van der Waals surface area contributed by atoms with Crippen molar-refractivity contribution in [2.75, 3.05) is 11.5 Å². The Morgan fingerprint density at radius 1 is 0.702 bits per heavy atom. The molecule has 5 nitrogen and oxygen atoms in total. The molecule has 6 rings (SSSR count). The zero-order chi connectivity index (χ0) is 32.9. The highest BCUT2D eigenvalue weighted by atomic mass is 28.3. The van der Waals surface area contributed by atoms with E-state index in [2.05, 4.69) is 51.1 Å². The second-order valence-electron chi connectivity index (χ2n) is 13.0. The molecule has 0 aromatic heterocycles. The molecule has 0 bridgehead atoms. The molecular formula is C41H41NO4Si. The highest BCUT2D eigenvalue weighted by Crippen LogP contribution is 2.43. The summed E-state index contributed by atoms with van der Waals surface area (Å²) >= 11 is 0. The molecular weight excluding hydrogens is 599 g/mol. The number of Topliss-reactive ketones (excluding diaryl/α,β-unsaturated/α-hetero) is 1. The summed E-state index contributed by atoms with van der Waals surface area (Å²) in [6, 6.07) is 45.6. The van der Waals surface area contributed by atoms with Gasteiger partial charge in [0.15, 0.2) is 5.78 Å². The molecule has 47 heavy (non-hydrogen) atoms. The van der Waals surface area contributed by atoms with E-state index in [9.17, 15) is 9.59 Å². The van der Waals surface area contributed by atoms with Crippen molar-refractivity contribution >= 4 is 42.7 Å². The molecule has 0 fully saturated rings. The Labute approximate surface area is 279 Å². The highest BCUT2D eigenvalue weighted by molar-refractivity contribution is 6.80. The second kappa shape index (κ2) is 13.9. The minimum absolute atomic E-state index is 0.00459. The van der Waals surface area contributed by atoms with Gasteiger partial charge in [-0.2, -0.15) is 0 Å². The van der Waals surface area contributed by atoms with Gasteiger partial charge in [0.25, 0.3) is 0 Å². The molecule has 0 saturated heterocycles. The molecule has 0 heterocycles. The van der Waals surface area contributed by atoms with E-state index in [1.54, 1.807) is 4.90 Å². The number of hydrogen-bond donors (Lipinski definition) is 0. The number of nitrogens with zero attached hydrogens (tertiary/aromatic N) is 1. The molecule has 1 aliphatic carbocycles. The van der Waals surface area contributed by atoms with E-state index in [1.165, 1.54) is 5.56 Å². The number of para-hydroxylation sites is 2. The minimum atomic E-state index is -2.40. The van der Waals surface area contributed by atoms with Gasteiger partial charge in [-0.3, -0.25) is 4.79 Å². The van der Waals surface area contributed by atoms with E-state index in [0.717, 1.165) is 21.5 Å². The van der Waals surface area contributed by atoms with E-state index >= 15 is 0 Å². The molecule has 5 aromatic rings. The van der Waals surface area contributed by atoms with Crippen molar-refractivity contribution < 1.29 is 18.8 Å². The Bertz CT molecular complexity index is 1730. The van der Waals surface area contributed by atoms with E-state index in [4.69, 9.17) is 9.16 Å². The highest BCUT2D eigenvalue weighted by Gasteiger charge is 2.48. The first kappa shape index (κ1) is 32.2. The van der Waals surface area contributed by atoms with Gasteiger partial charge in [0.1, 0.15) is 5.60 Å². The Balaban J connectivity index is 1.40. The Morgan fingerprint density at radius 2 is 1.21 bits per heavy atom. The molecule has 1 unspecified atom stereocenters. The van der Waals surface area contributed by atoms with Crippen LogP contribution in [0.15, 0.2) is 140 Å². The molecule has 1 amide bonds. The summed E-state index contributed by atoms with van der Waals surface area (Å²) in [7, 11) is -2.40. The number of fused-ring (bicyclic) bond motifs is 1. The van der Waals surface area contributed by atoms with Crippen molar-refractivity contribution in [3.63, 3.8) is 0 Å². The van der Waals surface area contributed by atoms with Gasteiger partial charge in [-0.25, -0.2) is 9.69 Å². The fourth-order valence-electron chi connectivity index (χ4n) is 6.64. The fraction of sp³-hybridized carbons (Fsp3) is 0.220. The summed E-state index contributed by atoms with van der Waals surface area (Å²) in [6.07, 6.45) is 0.715. The van der Waals surface area contributed by atoms with Crippen molar-refractivity contribution in [1.82, 2.24) is 0 Å². The van der Waals surface area contributed by atoms with Crippen LogP contribution in [0.25, 0.3) is 0 Å². The number of amides is 1. The number of ketones is 1. The van der Waals surface area contributed by atoms with E-state index < -0.39 is 20.7 Å². The lowest BCUT2D eigenvalue weighted by molar-refractivity contribution is -0.138. The maximum Gasteiger partial charge on any atom is 0.418 e. The zero-order valence-corrected chi connectivity index (χ0v) is 28.4. The molecule has 0 radical (unpaired) electrons. The molecule has 6 heteroatoms. The van der Waals surface area contributed by atoms with Crippen molar-refractivity contribution in [1.29, 1.82) is 0 Å². The van der Waals surface area contributed by atoms with Gasteiger partial charge in [0.2, 0.25) is 9.04 Å². The van der Waals surface area contributed by atoms with Crippen LogP contribution in [0.3, 0.4) is 0 Å². The third kappa shape index (κ3) is 6.85. The van der Waals surface area contributed by atoms with Crippen molar-refractivity contribution in [2.24, 2.45) is 0 Å². The van der Waals surface area contributed by atoms with E-state index in [0.29, 0.717) is 24.2 Å². The summed E-state index contributed by atoms with van der Waals surface area (Å²) in [6.45, 7) is 6.62. The van der Waals surface area contributed by atoms with Crippen LogP contribution in [0.4, 0.5) is 16.2 Å². The maximum atomic E-state index is 14.4. The van der Waals surface area contributed by atoms with Gasteiger partial charge < -0.3 is 9.16 Å². The van der Waals surface area contributed by atoms with Crippen LogP contribution in [-0.4, -0.2) is 27.5 Å². The molecule has 0 saturated carbocycles. The third-order valence-corrected chi connectivity index (χ3v) is 11.5. The summed E-state index contributed by atoms with van der Waals surface area (Å²) in [5.74, 6) is 0.0273. The second-order valence-corrected chi connectivity index (χ2v) is 15.4. The predicted octanol–water partition coefficient (Wildman–Crippen LogP) is 7.61. The number of carbonyl (C=O) groups is 2. The molecule has 5 aromatic carbocycles. The van der Waals surface area contributed by atoms with Crippen LogP contribution in [0, 0.1) is 0 Å². The van der Waals surface area contributed by atoms with Gasteiger partial charge in [0.05, 0.1) is 18.0 Å².